The second-order valence-electron chi connectivity index (χ2n) is 8.93. The number of rotatable bonds is 17. The van der Waals surface area contributed by atoms with Crippen molar-refractivity contribution in [3.05, 3.63) is 35.9 Å². The summed E-state index contributed by atoms with van der Waals surface area (Å²) in [6, 6.07) is 3.40. The topological polar surface area (TPSA) is 278 Å². The van der Waals surface area contributed by atoms with Gasteiger partial charge in [-0.15, -0.1) is 0 Å². The second-order valence-corrected chi connectivity index (χ2v) is 8.93. The Balaban J connectivity index is 3.10. The van der Waals surface area contributed by atoms with Gasteiger partial charge in [0.15, 0.2) is 5.96 Å². The molecule has 0 heterocycles. The van der Waals surface area contributed by atoms with Gasteiger partial charge in [0.25, 0.3) is 0 Å². The number of aliphatic hydroxyl groups excluding tert-OH is 1. The number of nitrogens with two attached hydrogens (primary N) is 4. The molecule has 1 aromatic carbocycles. The van der Waals surface area contributed by atoms with Crippen LogP contribution < -0.4 is 38.9 Å². The van der Waals surface area contributed by atoms with E-state index in [0.29, 0.717) is 5.56 Å². The number of guanidine groups is 1. The van der Waals surface area contributed by atoms with Crippen LogP contribution in [0.4, 0.5) is 0 Å². The highest BCUT2D eigenvalue weighted by atomic mass is 16.4. The predicted octanol–water partition coefficient (Wildman–Crippen LogP) is -3.20. The number of carbonyl (C=O) groups excluding carboxylic acids is 4. The van der Waals surface area contributed by atoms with Crippen molar-refractivity contribution >= 4 is 35.6 Å². The van der Waals surface area contributed by atoms with Gasteiger partial charge in [0.1, 0.15) is 24.2 Å². The van der Waals surface area contributed by atoms with Crippen molar-refractivity contribution in [2.45, 2.75) is 69.3 Å². The zero-order valence-corrected chi connectivity index (χ0v) is 21.7. The van der Waals surface area contributed by atoms with Crippen molar-refractivity contribution < 1.29 is 34.2 Å². The highest BCUT2D eigenvalue weighted by molar-refractivity contribution is 5.94. The van der Waals surface area contributed by atoms with E-state index in [2.05, 4.69) is 20.9 Å². The van der Waals surface area contributed by atoms with Gasteiger partial charge in [0, 0.05) is 19.4 Å². The summed E-state index contributed by atoms with van der Waals surface area (Å²) in [5.74, 6) is -4.69. The summed E-state index contributed by atoms with van der Waals surface area (Å²) < 4.78 is 0. The van der Waals surface area contributed by atoms with E-state index in [4.69, 9.17) is 22.9 Å². The quantitative estimate of drug-likeness (QED) is 0.0531. The smallest absolute Gasteiger partial charge is 0.326 e. The number of primary amides is 1. The molecule has 0 aliphatic heterocycles. The third kappa shape index (κ3) is 12.7. The summed E-state index contributed by atoms with van der Waals surface area (Å²) in [7, 11) is 0. The largest absolute Gasteiger partial charge is 0.480 e. The van der Waals surface area contributed by atoms with Crippen LogP contribution in [0.5, 0.6) is 0 Å². The number of hydrogen-bond acceptors (Lipinski definition) is 8. The third-order valence-electron chi connectivity index (χ3n) is 5.61. The molecule has 39 heavy (non-hydrogen) atoms. The van der Waals surface area contributed by atoms with Crippen LogP contribution >= 0.6 is 0 Å². The van der Waals surface area contributed by atoms with Gasteiger partial charge in [0.05, 0.1) is 6.10 Å². The Kier molecular flexibility index (Phi) is 13.9. The van der Waals surface area contributed by atoms with Crippen molar-refractivity contribution in [3.8, 4) is 0 Å². The first-order chi connectivity index (χ1) is 18.3. The minimum atomic E-state index is -1.36. The van der Waals surface area contributed by atoms with Crippen LogP contribution in [-0.2, 0) is 30.4 Å². The van der Waals surface area contributed by atoms with Crippen LogP contribution in [0.25, 0.3) is 0 Å². The molecule has 4 amide bonds. The highest BCUT2D eigenvalue weighted by Crippen LogP contribution is 2.07. The molecule has 15 heteroatoms. The zero-order chi connectivity index (χ0) is 29.5. The minimum Gasteiger partial charge on any atom is -0.480 e. The molecule has 216 valence electrons. The lowest BCUT2D eigenvalue weighted by atomic mass is 10.0. The molecule has 1 rings (SSSR count). The van der Waals surface area contributed by atoms with E-state index in [9.17, 15) is 34.2 Å². The molecule has 15 nitrogen and oxygen atoms in total. The molecule has 0 fully saturated rings. The van der Waals surface area contributed by atoms with E-state index < -0.39 is 59.9 Å². The average molecular weight is 551 g/mol. The molecule has 0 bridgehead atoms. The molecule has 13 N–H and O–H groups in total. The molecule has 0 aliphatic rings. The van der Waals surface area contributed by atoms with Crippen LogP contribution in [0, 0.1) is 0 Å². The van der Waals surface area contributed by atoms with E-state index in [-0.39, 0.29) is 44.6 Å². The first-order valence-electron chi connectivity index (χ1n) is 12.3. The number of hydrogen-bond donors (Lipinski definition) is 9. The normalized spacial score (nSPS) is 14.5. The van der Waals surface area contributed by atoms with Crippen LogP contribution in [0.3, 0.4) is 0 Å². The summed E-state index contributed by atoms with van der Waals surface area (Å²) in [5.41, 5.74) is 22.1. The van der Waals surface area contributed by atoms with Gasteiger partial charge in [-0.3, -0.25) is 24.2 Å². The number of amides is 4. The Morgan fingerprint density at radius 2 is 1.41 bits per heavy atom. The lowest BCUT2D eigenvalue weighted by Crippen LogP contribution is -2.58. The van der Waals surface area contributed by atoms with Crippen molar-refractivity contribution in [2.24, 2.45) is 27.9 Å². The molecule has 0 aromatic heterocycles. The molecule has 0 radical (unpaired) electrons. The SMILES string of the molecule is CC(O)C(N)C(=O)NC(CCC(N)=O)C(=O)NC(CCCN=C(N)N)C(=O)NC(Cc1ccccc1)C(=O)O. The van der Waals surface area contributed by atoms with Gasteiger partial charge < -0.3 is 49.1 Å². The summed E-state index contributed by atoms with van der Waals surface area (Å²) in [4.78, 5) is 65.6. The molecular formula is C24H38N8O7. The number of aliphatic carboxylic acids is 1. The number of carbonyl (C=O) groups is 5. The van der Waals surface area contributed by atoms with E-state index in [1.807, 2.05) is 0 Å². The Bertz CT molecular complexity index is 1010. The molecule has 0 aliphatic carbocycles. The lowest BCUT2D eigenvalue weighted by molar-refractivity contribution is -0.142. The zero-order valence-electron chi connectivity index (χ0n) is 21.7. The number of benzene rings is 1. The Morgan fingerprint density at radius 3 is 1.92 bits per heavy atom. The molecule has 0 spiro atoms. The van der Waals surface area contributed by atoms with E-state index >= 15 is 0 Å². The van der Waals surface area contributed by atoms with Crippen LogP contribution in [-0.4, -0.2) is 82.6 Å². The van der Waals surface area contributed by atoms with Crippen LogP contribution in [0.2, 0.25) is 0 Å². The van der Waals surface area contributed by atoms with Crippen molar-refractivity contribution in [1.82, 2.24) is 16.0 Å². The predicted molar refractivity (Wildman–Crippen MR) is 142 cm³/mol. The Hall–Kier alpha value is -4.24. The van der Waals surface area contributed by atoms with Gasteiger partial charge in [0.2, 0.25) is 23.6 Å². The lowest BCUT2D eigenvalue weighted by Gasteiger charge is -2.25. The maximum atomic E-state index is 13.1. The molecular weight excluding hydrogens is 512 g/mol. The number of aliphatic hydroxyl groups is 1. The number of nitrogens with zero attached hydrogens (tertiary/aromatic N) is 1. The van der Waals surface area contributed by atoms with Crippen LogP contribution in [0.1, 0.15) is 38.2 Å². The third-order valence-corrected chi connectivity index (χ3v) is 5.61. The molecule has 1 aromatic rings. The monoisotopic (exact) mass is 550 g/mol. The number of carboxylic acids is 1. The van der Waals surface area contributed by atoms with Gasteiger partial charge >= 0.3 is 5.97 Å². The van der Waals surface area contributed by atoms with Gasteiger partial charge in [-0.25, -0.2) is 4.79 Å². The van der Waals surface area contributed by atoms with Gasteiger partial charge in [-0.2, -0.15) is 0 Å². The van der Waals surface area contributed by atoms with E-state index in [0.717, 1.165) is 0 Å². The highest BCUT2D eigenvalue weighted by Gasteiger charge is 2.31. The fourth-order valence-corrected chi connectivity index (χ4v) is 3.41. The van der Waals surface area contributed by atoms with E-state index in [1.165, 1.54) is 6.92 Å². The molecule has 0 saturated carbocycles. The van der Waals surface area contributed by atoms with Crippen LogP contribution in [0.15, 0.2) is 35.3 Å². The maximum Gasteiger partial charge on any atom is 0.326 e. The summed E-state index contributed by atoms with van der Waals surface area (Å²) >= 11 is 0. The van der Waals surface area contributed by atoms with Gasteiger partial charge in [-0.05, 0) is 31.7 Å². The number of nitrogens with one attached hydrogen (secondary N) is 3. The minimum absolute atomic E-state index is 0.00882. The summed E-state index contributed by atoms with van der Waals surface area (Å²) in [6.45, 7) is 1.41. The summed E-state index contributed by atoms with van der Waals surface area (Å²) in [5, 5.41) is 26.5. The fourth-order valence-electron chi connectivity index (χ4n) is 3.41. The summed E-state index contributed by atoms with van der Waals surface area (Å²) in [6.07, 6.45) is -1.48. The van der Waals surface area contributed by atoms with Crippen molar-refractivity contribution in [1.29, 1.82) is 0 Å². The fraction of sp³-hybridized carbons (Fsp3) is 0.500. The van der Waals surface area contributed by atoms with Crippen molar-refractivity contribution in [3.63, 3.8) is 0 Å². The standard InChI is InChI=1S/C24H38N8O7/c1-13(33)19(26)22(37)31-16(9-10-18(25)34)21(36)30-15(8-5-11-29-24(27)28)20(35)32-17(23(38)39)12-14-6-3-2-4-7-14/h2-4,6-7,13,15-17,19,33H,5,8-12,26H2,1H3,(H2,25,34)(H,30,36)(H,31,37)(H,32,35)(H,38,39)(H4,27,28,29). The van der Waals surface area contributed by atoms with Crippen molar-refractivity contribution in [2.75, 3.05) is 6.54 Å². The van der Waals surface area contributed by atoms with E-state index in [1.54, 1.807) is 30.3 Å². The van der Waals surface area contributed by atoms with Gasteiger partial charge in [-0.1, -0.05) is 30.3 Å². The maximum absolute atomic E-state index is 13.1. The first-order valence-corrected chi connectivity index (χ1v) is 12.3. The second kappa shape index (κ2) is 16.6. The molecule has 0 saturated heterocycles. The molecule has 5 atom stereocenters. The number of aliphatic imine (C=N–C) groups is 1. The first kappa shape index (κ1) is 32.8. The number of carboxylic acid groups (broad SMARTS) is 1. The Labute approximate surface area is 225 Å². The Morgan fingerprint density at radius 1 is 0.872 bits per heavy atom. The average Bonchev–Trinajstić information content (AvgIpc) is 2.87. The molecule has 5 unspecified atom stereocenters.